The highest BCUT2D eigenvalue weighted by Crippen LogP contribution is 2.37. The number of hydrogen-bond donors (Lipinski definition) is 0. The molecule has 0 aromatic heterocycles. The van der Waals surface area contributed by atoms with Gasteiger partial charge >= 0.3 is 0 Å². The minimum atomic E-state index is -0.282. The van der Waals surface area contributed by atoms with Gasteiger partial charge in [0.25, 0.3) is 0 Å². The van der Waals surface area contributed by atoms with E-state index in [1.165, 1.54) is 12.8 Å². The summed E-state index contributed by atoms with van der Waals surface area (Å²) in [6, 6.07) is 0. The second-order valence-electron chi connectivity index (χ2n) is 4.19. The molecule has 0 amide bonds. The second-order valence-corrected chi connectivity index (χ2v) is 4.19. The zero-order valence-corrected chi connectivity index (χ0v) is 8.23. The van der Waals surface area contributed by atoms with Gasteiger partial charge in [0.1, 0.15) is 6.29 Å². The third kappa shape index (κ3) is 3.09. The Morgan fingerprint density at radius 1 is 1.15 bits per heavy atom. The van der Waals surface area contributed by atoms with Gasteiger partial charge < -0.3 is 4.79 Å². The summed E-state index contributed by atoms with van der Waals surface area (Å²) in [6.07, 6.45) is 9.14. The molecule has 1 aliphatic rings. The summed E-state index contributed by atoms with van der Waals surface area (Å²) in [5.41, 5.74) is -0.164. The van der Waals surface area contributed by atoms with Crippen molar-refractivity contribution in [3.8, 4) is 0 Å². The lowest BCUT2D eigenvalue weighted by atomic mass is 9.78. The molecule has 1 nitrogen and oxygen atoms in total. The summed E-state index contributed by atoms with van der Waals surface area (Å²) >= 11 is 0. The van der Waals surface area contributed by atoms with E-state index in [9.17, 15) is 9.18 Å². The van der Waals surface area contributed by atoms with Gasteiger partial charge in [0.15, 0.2) is 0 Å². The van der Waals surface area contributed by atoms with Crippen molar-refractivity contribution in [2.75, 3.05) is 6.67 Å². The fourth-order valence-electron chi connectivity index (χ4n) is 2.28. The first-order chi connectivity index (χ1) is 6.33. The van der Waals surface area contributed by atoms with Gasteiger partial charge in [-0.3, -0.25) is 4.39 Å². The van der Waals surface area contributed by atoms with Gasteiger partial charge in [0, 0.05) is 5.41 Å². The van der Waals surface area contributed by atoms with Crippen LogP contribution in [0.1, 0.15) is 51.4 Å². The fourth-order valence-corrected chi connectivity index (χ4v) is 2.28. The fraction of sp³-hybridized carbons (Fsp3) is 0.909. The molecule has 2 heteroatoms. The van der Waals surface area contributed by atoms with Crippen LogP contribution < -0.4 is 0 Å². The molecule has 0 N–H and O–H groups in total. The van der Waals surface area contributed by atoms with Crippen LogP contribution in [0.25, 0.3) is 0 Å². The minimum absolute atomic E-state index is 0.164. The van der Waals surface area contributed by atoms with Crippen molar-refractivity contribution in [3.05, 3.63) is 0 Å². The Hall–Kier alpha value is -0.400. The van der Waals surface area contributed by atoms with Crippen LogP contribution in [-0.4, -0.2) is 13.0 Å². The third-order valence-electron chi connectivity index (χ3n) is 3.16. The summed E-state index contributed by atoms with van der Waals surface area (Å²) < 4.78 is 12.0. The number of alkyl halides is 1. The Morgan fingerprint density at radius 2 is 1.77 bits per heavy atom. The van der Waals surface area contributed by atoms with Crippen LogP contribution >= 0.6 is 0 Å². The maximum absolute atomic E-state index is 12.0. The van der Waals surface area contributed by atoms with E-state index in [0.717, 1.165) is 38.4 Å². The van der Waals surface area contributed by atoms with E-state index >= 15 is 0 Å². The predicted octanol–water partition coefficient (Wildman–Crippen LogP) is 3.28. The number of aldehydes is 1. The molecule has 1 fully saturated rings. The number of halogens is 1. The zero-order valence-electron chi connectivity index (χ0n) is 8.23. The summed E-state index contributed by atoms with van der Waals surface area (Å²) in [6.45, 7) is -0.282. The van der Waals surface area contributed by atoms with Crippen LogP contribution in [-0.2, 0) is 4.79 Å². The predicted molar refractivity (Wildman–Crippen MR) is 51.4 cm³/mol. The molecule has 0 aromatic carbocycles. The molecule has 0 bridgehead atoms. The monoisotopic (exact) mass is 186 g/mol. The highest BCUT2D eigenvalue weighted by Gasteiger charge is 2.29. The summed E-state index contributed by atoms with van der Waals surface area (Å²) in [4.78, 5) is 11.0. The SMILES string of the molecule is O=CC1(CCCF)CCCCCC1. The van der Waals surface area contributed by atoms with Crippen LogP contribution in [0.2, 0.25) is 0 Å². The summed E-state index contributed by atoms with van der Waals surface area (Å²) in [7, 11) is 0. The van der Waals surface area contributed by atoms with Crippen LogP contribution in [0, 0.1) is 5.41 Å². The molecule has 1 aliphatic carbocycles. The Kier molecular flexibility index (Phi) is 4.40. The zero-order chi connectivity index (χ0) is 9.57. The number of carbonyl (C=O) groups excluding carboxylic acids is 1. The normalized spacial score (nSPS) is 22.2. The first-order valence-corrected chi connectivity index (χ1v) is 5.35. The summed E-state index contributed by atoms with van der Waals surface area (Å²) in [5.74, 6) is 0. The second kappa shape index (κ2) is 5.36. The highest BCUT2D eigenvalue weighted by atomic mass is 19.1. The average Bonchev–Trinajstić information content (AvgIpc) is 2.41. The van der Waals surface area contributed by atoms with E-state index in [-0.39, 0.29) is 12.1 Å². The van der Waals surface area contributed by atoms with Gasteiger partial charge in [-0.1, -0.05) is 25.7 Å². The highest BCUT2D eigenvalue weighted by molar-refractivity contribution is 5.59. The maximum atomic E-state index is 12.0. The standard InChI is InChI=1S/C11H19FO/c12-9-5-8-11(10-13)6-3-1-2-4-7-11/h10H,1-9H2. The molecule has 0 spiro atoms. The van der Waals surface area contributed by atoms with Crippen LogP contribution in [0.5, 0.6) is 0 Å². The van der Waals surface area contributed by atoms with Crippen LogP contribution in [0.15, 0.2) is 0 Å². The van der Waals surface area contributed by atoms with E-state index < -0.39 is 0 Å². The van der Waals surface area contributed by atoms with Crippen molar-refractivity contribution in [2.24, 2.45) is 5.41 Å². The topological polar surface area (TPSA) is 17.1 Å². The first kappa shape index (κ1) is 10.7. The van der Waals surface area contributed by atoms with E-state index in [2.05, 4.69) is 0 Å². The molecule has 76 valence electrons. The van der Waals surface area contributed by atoms with Gasteiger partial charge in [0.2, 0.25) is 0 Å². The molecule has 13 heavy (non-hydrogen) atoms. The van der Waals surface area contributed by atoms with Crippen molar-refractivity contribution >= 4 is 6.29 Å². The molecule has 0 saturated heterocycles. The van der Waals surface area contributed by atoms with Gasteiger partial charge in [-0.15, -0.1) is 0 Å². The smallest absolute Gasteiger partial charge is 0.126 e. The van der Waals surface area contributed by atoms with Crippen molar-refractivity contribution in [1.82, 2.24) is 0 Å². The van der Waals surface area contributed by atoms with Gasteiger partial charge in [-0.05, 0) is 25.7 Å². The Bertz CT molecular complexity index is 148. The quantitative estimate of drug-likeness (QED) is 0.486. The number of rotatable bonds is 4. The van der Waals surface area contributed by atoms with Crippen LogP contribution in [0.3, 0.4) is 0 Å². The average molecular weight is 186 g/mol. The molecular weight excluding hydrogens is 167 g/mol. The molecular formula is C11H19FO. The Labute approximate surface area is 79.7 Å². The van der Waals surface area contributed by atoms with Gasteiger partial charge in [0.05, 0.1) is 6.67 Å². The van der Waals surface area contributed by atoms with Gasteiger partial charge in [-0.2, -0.15) is 0 Å². The summed E-state index contributed by atoms with van der Waals surface area (Å²) in [5, 5.41) is 0. The molecule has 1 rings (SSSR count). The molecule has 1 saturated carbocycles. The molecule has 0 heterocycles. The molecule has 0 atom stereocenters. The molecule has 0 unspecified atom stereocenters. The molecule has 0 radical (unpaired) electrons. The number of hydrogen-bond acceptors (Lipinski definition) is 1. The van der Waals surface area contributed by atoms with Gasteiger partial charge in [-0.25, -0.2) is 0 Å². The lowest BCUT2D eigenvalue weighted by Crippen LogP contribution is -2.21. The van der Waals surface area contributed by atoms with E-state index in [0.29, 0.717) is 6.42 Å². The maximum Gasteiger partial charge on any atom is 0.126 e. The Balaban J connectivity index is 2.48. The van der Waals surface area contributed by atoms with Crippen molar-refractivity contribution < 1.29 is 9.18 Å². The molecule has 0 aromatic rings. The van der Waals surface area contributed by atoms with Crippen molar-refractivity contribution in [2.45, 2.75) is 51.4 Å². The molecule has 0 aliphatic heterocycles. The first-order valence-electron chi connectivity index (χ1n) is 5.35. The lowest BCUT2D eigenvalue weighted by Gasteiger charge is -2.25. The van der Waals surface area contributed by atoms with Crippen molar-refractivity contribution in [1.29, 1.82) is 0 Å². The van der Waals surface area contributed by atoms with E-state index in [1.54, 1.807) is 0 Å². The van der Waals surface area contributed by atoms with E-state index in [1.807, 2.05) is 0 Å². The third-order valence-corrected chi connectivity index (χ3v) is 3.16. The lowest BCUT2D eigenvalue weighted by molar-refractivity contribution is -0.117. The largest absolute Gasteiger partial charge is 0.303 e. The van der Waals surface area contributed by atoms with E-state index in [4.69, 9.17) is 0 Å². The van der Waals surface area contributed by atoms with Crippen LogP contribution in [0.4, 0.5) is 4.39 Å². The number of carbonyl (C=O) groups is 1. The minimum Gasteiger partial charge on any atom is -0.303 e. The van der Waals surface area contributed by atoms with Crippen molar-refractivity contribution in [3.63, 3.8) is 0 Å². The Morgan fingerprint density at radius 3 is 2.23 bits per heavy atom.